The van der Waals surface area contributed by atoms with E-state index in [1.807, 2.05) is 0 Å². The van der Waals surface area contributed by atoms with Crippen LogP contribution in [0.3, 0.4) is 0 Å². The molecule has 8 rings (SSSR count). The molecule has 12 atom stereocenters. The Kier molecular flexibility index (Phi) is 11.1. The second kappa shape index (κ2) is 15.5. The van der Waals surface area contributed by atoms with Crippen molar-refractivity contribution in [2.24, 2.45) is 88.3 Å². The first-order valence-corrected chi connectivity index (χ1v) is 21.9. The number of carbonyl (C=O) groups is 2. The van der Waals surface area contributed by atoms with Crippen LogP contribution in [-0.4, -0.2) is 50.6 Å². The van der Waals surface area contributed by atoms with Crippen molar-refractivity contribution in [3.8, 4) is 0 Å². The van der Waals surface area contributed by atoms with Gasteiger partial charge < -0.3 is 18.9 Å². The van der Waals surface area contributed by atoms with Crippen molar-refractivity contribution in [1.82, 2.24) is 0 Å². The van der Waals surface area contributed by atoms with Crippen molar-refractivity contribution in [2.45, 2.75) is 136 Å². The molecule has 0 aromatic heterocycles. The highest BCUT2D eigenvalue weighted by Crippen LogP contribution is 2.63. The molecule has 0 aliphatic heterocycles. The van der Waals surface area contributed by atoms with Gasteiger partial charge in [-0.15, -0.1) is 0 Å². The van der Waals surface area contributed by atoms with Crippen molar-refractivity contribution in [3.63, 3.8) is 0 Å². The summed E-state index contributed by atoms with van der Waals surface area (Å²) in [6, 6.07) is 0. The predicted octanol–water partition coefficient (Wildman–Crippen LogP) is 9.61. The maximum Gasteiger partial charge on any atom is 0.333 e. The van der Waals surface area contributed by atoms with Crippen LogP contribution in [0.25, 0.3) is 0 Å². The Balaban J connectivity index is 0.714. The Hall–Kier alpha value is -1.66. The van der Waals surface area contributed by atoms with Crippen molar-refractivity contribution in [2.75, 3.05) is 26.4 Å². The lowest BCUT2D eigenvalue weighted by atomic mass is 9.60. The van der Waals surface area contributed by atoms with Gasteiger partial charge in [-0.2, -0.15) is 0 Å². The Morgan fingerprint density at radius 3 is 1.60 bits per heavy atom. The summed E-state index contributed by atoms with van der Waals surface area (Å²) < 4.78 is 24.5. The van der Waals surface area contributed by atoms with Crippen molar-refractivity contribution < 1.29 is 28.5 Å². The van der Waals surface area contributed by atoms with Crippen LogP contribution in [0.1, 0.15) is 124 Å². The summed E-state index contributed by atoms with van der Waals surface area (Å²) in [5, 5.41) is 0. The second-order valence-corrected chi connectivity index (χ2v) is 20.3. The quantitative estimate of drug-likeness (QED) is 0.132. The van der Waals surface area contributed by atoms with Crippen LogP contribution >= 0.6 is 0 Å². The highest BCUT2D eigenvalue weighted by Gasteiger charge is 2.57. The van der Waals surface area contributed by atoms with Gasteiger partial charge in [0, 0.05) is 18.3 Å². The Labute approximate surface area is 315 Å². The molecule has 0 amide bonds. The number of rotatable bonds is 14. The Morgan fingerprint density at radius 2 is 1.08 bits per heavy atom. The normalized spacial score (nSPS) is 44.8. The summed E-state index contributed by atoms with van der Waals surface area (Å²) in [6.45, 7) is 17.3. The molecule has 0 aromatic carbocycles. The molecule has 290 valence electrons. The first-order chi connectivity index (χ1) is 25.1. The standard InChI is InChI=1S/C46H70O6/c1-6-44(47)51-26-33-20-31-22-41(33)42-17-28(15-38(31)42)23-49-36-11-7-34(8-12-36)46(4,5)35-9-13-37(14-10-35)50-25-32-19-30-21-40(32)43-18-29(16-39(30)43)24-52-45(48)27(2)3/h6,28-43H,1-2,7-26H2,3-5H3. The summed E-state index contributed by atoms with van der Waals surface area (Å²) in [7, 11) is 0. The number of hydrogen-bond donors (Lipinski definition) is 0. The van der Waals surface area contributed by atoms with Crippen LogP contribution in [0.4, 0.5) is 0 Å². The second-order valence-electron chi connectivity index (χ2n) is 20.3. The smallest absolute Gasteiger partial charge is 0.333 e. The van der Waals surface area contributed by atoms with Crippen molar-refractivity contribution in [1.29, 1.82) is 0 Å². The van der Waals surface area contributed by atoms with Crippen molar-refractivity contribution >= 4 is 11.9 Å². The summed E-state index contributed by atoms with van der Waals surface area (Å²) in [4.78, 5) is 23.6. The van der Waals surface area contributed by atoms with Crippen LogP contribution in [0.2, 0.25) is 0 Å². The molecule has 0 N–H and O–H groups in total. The van der Waals surface area contributed by atoms with Gasteiger partial charge in [0.2, 0.25) is 0 Å². The van der Waals surface area contributed by atoms with Gasteiger partial charge in [-0.25, -0.2) is 9.59 Å². The van der Waals surface area contributed by atoms with Crippen LogP contribution in [0.15, 0.2) is 24.8 Å². The topological polar surface area (TPSA) is 71.1 Å². The highest BCUT2D eigenvalue weighted by molar-refractivity contribution is 5.86. The van der Waals surface area contributed by atoms with E-state index in [-0.39, 0.29) is 11.9 Å². The zero-order valence-electron chi connectivity index (χ0n) is 32.8. The van der Waals surface area contributed by atoms with E-state index in [1.165, 1.54) is 109 Å². The predicted molar refractivity (Wildman–Crippen MR) is 203 cm³/mol. The number of carbonyl (C=O) groups excluding carboxylic acids is 2. The molecule has 4 bridgehead atoms. The first kappa shape index (κ1) is 37.3. The first-order valence-electron chi connectivity index (χ1n) is 21.9. The molecule has 0 aromatic rings. The lowest BCUT2D eigenvalue weighted by Crippen LogP contribution is -2.39. The molecule has 0 spiro atoms. The van der Waals surface area contributed by atoms with E-state index in [0.717, 1.165) is 84.2 Å². The Morgan fingerprint density at radius 1 is 0.596 bits per heavy atom. The summed E-state index contributed by atoms with van der Waals surface area (Å²) >= 11 is 0. The third kappa shape index (κ3) is 7.48. The van der Waals surface area contributed by atoms with Crippen LogP contribution in [0, 0.1) is 88.3 Å². The van der Waals surface area contributed by atoms with E-state index in [2.05, 4.69) is 27.0 Å². The van der Waals surface area contributed by atoms with E-state index in [4.69, 9.17) is 18.9 Å². The molecule has 8 aliphatic rings. The molecule has 52 heavy (non-hydrogen) atoms. The van der Waals surface area contributed by atoms with E-state index in [0.29, 0.717) is 48.2 Å². The zero-order chi connectivity index (χ0) is 36.1. The fourth-order valence-corrected chi connectivity index (χ4v) is 14.7. The molecule has 0 radical (unpaired) electrons. The number of hydrogen-bond acceptors (Lipinski definition) is 6. The molecular weight excluding hydrogens is 648 g/mol. The van der Waals surface area contributed by atoms with Gasteiger partial charge in [0.05, 0.1) is 32.0 Å². The maximum atomic E-state index is 11.9. The van der Waals surface area contributed by atoms with Gasteiger partial charge >= 0.3 is 11.9 Å². The van der Waals surface area contributed by atoms with E-state index in [9.17, 15) is 9.59 Å². The van der Waals surface area contributed by atoms with Gasteiger partial charge in [0.15, 0.2) is 0 Å². The lowest BCUT2D eigenvalue weighted by Gasteiger charge is -2.46. The van der Waals surface area contributed by atoms with Crippen molar-refractivity contribution in [3.05, 3.63) is 24.8 Å². The monoisotopic (exact) mass is 719 g/mol. The van der Waals surface area contributed by atoms with Gasteiger partial charge in [-0.3, -0.25) is 0 Å². The maximum absolute atomic E-state index is 11.9. The van der Waals surface area contributed by atoms with Gasteiger partial charge in [-0.05, 0) is 198 Å². The summed E-state index contributed by atoms with van der Waals surface area (Å²) in [5.74, 6) is 10.4. The third-order valence-electron chi connectivity index (χ3n) is 17.4. The summed E-state index contributed by atoms with van der Waals surface area (Å²) in [5.41, 5.74) is 0.902. The number of esters is 2. The minimum absolute atomic E-state index is 0.228. The molecular formula is C46H70O6. The van der Waals surface area contributed by atoms with Crippen LogP contribution < -0.4 is 0 Å². The molecule has 0 saturated heterocycles. The fraction of sp³-hybridized carbons (Fsp3) is 0.870. The van der Waals surface area contributed by atoms with Crippen LogP contribution in [-0.2, 0) is 28.5 Å². The van der Waals surface area contributed by atoms with E-state index < -0.39 is 0 Å². The molecule has 0 heterocycles. The largest absolute Gasteiger partial charge is 0.462 e. The van der Waals surface area contributed by atoms with Gasteiger partial charge in [0.25, 0.3) is 0 Å². The van der Waals surface area contributed by atoms with Gasteiger partial charge in [-0.1, -0.05) is 27.0 Å². The lowest BCUT2D eigenvalue weighted by molar-refractivity contribution is -0.141. The number of ether oxygens (including phenoxy) is 4. The van der Waals surface area contributed by atoms with E-state index in [1.54, 1.807) is 6.92 Å². The highest BCUT2D eigenvalue weighted by atomic mass is 16.5. The minimum Gasteiger partial charge on any atom is -0.462 e. The minimum atomic E-state index is -0.269. The number of fused-ring (bicyclic) bond motifs is 10. The zero-order valence-corrected chi connectivity index (χ0v) is 32.8. The fourth-order valence-electron chi connectivity index (χ4n) is 14.7. The SMILES string of the molecule is C=CC(=O)OCC1CC2CC1C1CC(COC3CCC(C(C)(C)C4CCC(OCC5CC6CC5C5CC(COC(=O)C(=C)C)CC65)CC4)CC3)CC21. The molecule has 6 nitrogen and oxygen atoms in total. The van der Waals surface area contributed by atoms with Gasteiger partial charge in [0.1, 0.15) is 0 Å². The molecule has 8 aliphatic carbocycles. The molecule has 12 unspecified atom stereocenters. The molecule has 8 fully saturated rings. The van der Waals surface area contributed by atoms with E-state index >= 15 is 0 Å². The molecule has 6 heteroatoms. The average Bonchev–Trinajstić information content (AvgIpc) is 4.00. The summed E-state index contributed by atoms with van der Waals surface area (Å²) in [6.07, 6.45) is 23.0. The Bertz CT molecular complexity index is 1310. The average molecular weight is 719 g/mol. The van der Waals surface area contributed by atoms with Crippen LogP contribution in [0.5, 0.6) is 0 Å². The third-order valence-corrected chi connectivity index (χ3v) is 17.4. The molecule has 8 saturated carbocycles.